The standard InChI is InChI=1S/C13H15N3O4/c1-3-16-11(12(13(17)18)14-15-16)8-20-10-6-4-5-9(7-10)19-2/h4-7H,3,8H2,1-2H3,(H,17,18). The van der Waals surface area contributed by atoms with Crippen LogP contribution in [-0.4, -0.2) is 33.2 Å². The van der Waals surface area contributed by atoms with Gasteiger partial charge in [-0.2, -0.15) is 0 Å². The fraction of sp³-hybridized carbons (Fsp3) is 0.308. The van der Waals surface area contributed by atoms with Crippen molar-refractivity contribution in [1.29, 1.82) is 0 Å². The highest BCUT2D eigenvalue weighted by molar-refractivity contribution is 5.86. The minimum atomic E-state index is -1.12. The van der Waals surface area contributed by atoms with Gasteiger partial charge in [-0.1, -0.05) is 11.3 Å². The Balaban J connectivity index is 2.17. The number of nitrogens with zero attached hydrogens (tertiary/aromatic N) is 3. The molecule has 7 heteroatoms. The van der Waals surface area contributed by atoms with Gasteiger partial charge in [0, 0.05) is 12.6 Å². The van der Waals surface area contributed by atoms with Crippen molar-refractivity contribution in [2.24, 2.45) is 0 Å². The number of carboxylic acids is 1. The summed E-state index contributed by atoms with van der Waals surface area (Å²) in [6, 6.07) is 7.08. The average molecular weight is 277 g/mol. The molecular formula is C13H15N3O4. The van der Waals surface area contributed by atoms with Crippen LogP contribution in [0.4, 0.5) is 0 Å². The smallest absolute Gasteiger partial charge is 0.358 e. The quantitative estimate of drug-likeness (QED) is 0.862. The van der Waals surface area contributed by atoms with Crippen molar-refractivity contribution in [1.82, 2.24) is 15.0 Å². The van der Waals surface area contributed by atoms with Crippen molar-refractivity contribution in [3.05, 3.63) is 35.7 Å². The van der Waals surface area contributed by atoms with Crippen molar-refractivity contribution in [3.63, 3.8) is 0 Å². The van der Waals surface area contributed by atoms with Gasteiger partial charge in [0.1, 0.15) is 23.8 Å². The number of hydrogen-bond acceptors (Lipinski definition) is 5. The number of aryl methyl sites for hydroxylation is 1. The van der Waals surface area contributed by atoms with Crippen LogP contribution >= 0.6 is 0 Å². The summed E-state index contributed by atoms with van der Waals surface area (Å²) in [5.74, 6) is 0.140. The maximum Gasteiger partial charge on any atom is 0.358 e. The van der Waals surface area contributed by atoms with Gasteiger partial charge >= 0.3 is 5.97 Å². The van der Waals surface area contributed by atoms with E-state index in [9.17, 15) is 4.79 Å². The zero-order chi connectivity index (χ0) is 14.5. The van der Waals surface area contributed by atoms with Crippen LogP contribution in [0.5, 0.6) is 11.5 Å². The van der Waals surface area contributed by atoms with Gasteiger partial charge in [-0.15, -0.1) is 5.10 Å². The fourth-order valence-electron chi connectivity index (χ4n) is 1.74. The van der Waals surface area contributed by atoms with E-state index in [1.807, 2.05) is 6.92 Å². The first-order valence-electron chi connectivity index (χ1n) is 6.08. The van der Waals surface area contributed by atoms with E-state index in [-0.39, 0.29) is 12.3 Å². The lowest BCUT2D eigenvalue weighted by Gasteiger charge is -2.09. The third kappa shape index (κ3) is 2.87. The first-order valence-corrected chi connectivity index (χ1v) is 6.08. The van der Waals surface area contributed by atoms with Crippen LogP contribution in [-0.2, 0) is 13.2 Å². The number of hydrogen-bond donors (Lipinski definition) is 1. The van der Waals surface area contributed by atoms with Crippen molar-refractivity contribution in [3.8, 4) is 11.5 Å². The molecule has 0 saturated carbocycles. The molecule has 0 atom stereocenters. The van der Waals surface area contributed by atoms with Crippen molar-refractivity contribution in [2.75, 3.05) is 7.11 Å². The highest BCUT2D eigenvalue weighted by atomic mass is 16.5. The summed E-state index contributed by atoms with van der Waals surface area (Å²) in [6.07, 6.45) is 0. The number of carboxylic acid groups (broad SMARTS) is 1. The van der Waals surface area contributed by atoms with E-state index in [1.54, 1.807) is 31.4 Å². The van der Waals surface area contributed by atoms with Gasteiger partial charge in [-0.3, -0.25) is 0 Å². The van der Waals surface area contributed by atoms with Gasteiger partial charge < -0.3 is 14.6 Å². The molecule has 1 aromatic carbocycles. The molecule has 0 aliphatic heterocycles. The Morgan fingerprint density at radius 3 is 2.80 bits per heavy atom. The van der Waals surface area contributed by atoms with Crippen LogP contribution in [0, 0.1) is 0 Å². The van der Waals surface area contributed by atoms with Crippen LogP contribution in [0.3, 0.4) is 0 Å². The average Bonchev–Trinajstić information content (AvgIpc) is 2.88. The first-order chi connectivity index (χ1) is 9.65. The second-order valence-corrected chi connectivity index (χ2v) is 3.97. The molecule has 0 aliphatic rings. The lowest BCUT2D eigenvalue weighted by molar-refractivity contribution is 0.0687. The van der Waals surface area contributed by atoms with E-state index in [4.69, 9.17) is 14.6 Å². The lowest BCUT2D eigenvalue weighted by Crippen LogP contribution is -2.10. The molecule has 0 unspecified atom stereocenters. The van der Waals surface area contributed by atoms with Gasteiger partial charge in [-0.05, 0) is 19.1 Å². The molecular weight excluding hydrogens is 262 g/mol. The van der Waals surface area contributed by atoms with Crippen LogP contribution in [0.25, 0.3) is 0 Å². The number of benzene rings is 1. The van der Waals surface area contributed by atoms with Gasteiger partial charge in [0.15, 0.2) is 5.69 Å². The molecule has 0 saturated heterocycles. The van der Waals surface area contributed by atoms with Crippen molar-refractivity contribution < 1.29 is 19.4 Å². The van der Waals surface area contributed by atoms with Crippen LogP contribution in [0.1, 0.15) is 23.1 Å². The van der Waals surface area contributed by atoms with Crippen LogP contribution in [0.2, 0.25) is 0 Å². The molecule has 0 aliphatic carbocycles. The number of carbonyl (C=O) groups is 1. The second kappa shape index (κ2) is 6.05. The summed E-state index contributed by atoms with van der Waals surface area (Å²) in [5, 5.41) is 16.5. The highest BCUT2D eigenvalue weighted by Gasteiger charge is 2.18. The Morgan fingerprint density at radius 2 is 2.15 bits per heavy atom. The molecule has 1 heterocycles. The topological polar surface area (TPSA) is 86.5 Å². The number of aromatic carboxylic acids is 1. The van der Waals surface area contributed by atoms with E-state index < -0.39 is 5.97 Å². The van der Waals surface area contributed by atoms with Crippen LogP contribution in [0.15, 0.2) is 24.3 Å². The van der Waals surface area contributed by atoms with Crippen LogP contribution < -0.4 is 9.47 Å². The normalized spacial score (nSPS) is 10.3. The maximum absolute atomic E-state index is 11.1. The van der Waals surface area contributed by atoms with E-state index in [1.165, 1.54) is 4.68 Å². The predicted octanol–water partition coefficient (Wildman–Crippen LogP) is 1.58. The minimum Gasteiger partial charge on any atom is -0.497 e. The van der Waals surface area contributed by atoms with Crippen molar-refractivity contribution >= 4 is 5.97 Å². The maximum atomic E-state index is 11.1. The molecule has 2 rings (SSSR count). The van der Waals surface area contributed by atoms with Gasteiger partial charge in [0.05, 0.1) is 7.11 Å². The fourth-order valence-corrected chi connectivity index (χ4v) is 1.74. The summed E-state index contributed by atoms with van der Waals surface area (Å²) in [5.41, 5.74) is 0.345. The van der Waals surface area contributed by atoms with Crippen molar-refractivity contribution in [2.45, 2.75) is 20.1 Å². The zero-order valence-corrected chi connectivity index (χ0v) is 11.2. The minimum absolute atomic E-state index is 0.0790. The number of aromatic nitrogens is 3. The molecule has 0 fully saturated rings. The first kappa shape index (κ1) is 13.9. The summed E-state index contributed by atoms with van der Waals surface area (Å²) >= 11 is 0. The molecule has 0 spiro atoms. The molecule has 7 nitrogen and oxygen atoms in total. The number of methoxy groups -OCH3 is 1. The second-order valence-electron chi connectivity index (χ2n) is 3.97. The van der Waals surface area contributed by atoms with Gasteiger partial charge in [0.2, 0.25) is 0 Å². The molecule has 1 N–H and O–H groups in total. The monoisotopic (exact) mass is 277 g/mol. The molecule has 1 aromatic heterocycles. The Hall–Kier alpha value is -2.57. The Bertz CT molecular complexity index is 609. The van der Waals surface area contributed by atoms with Gasteiger partial charge in [-0.25, -0.2) is 9.48 Å². The largest absolute Gasteiger partial charge is 0.497 e. The highest BCUT2D eigenvalue weighted by Crippen LogP contribution is 2.20. The Morgan fingerprint density at radius 1 is 1.40 bits per heavy atom. The van der Waals surface area contributed by atoms with Gasteiger partial charge in [0.25, 0.3) is 0 Å². The molecule has 2 aromatic rings. The third-order valence-corrected chi connectivity index (χ3v) is 2.76. The molecule has 0 bridgehead atoms. The Kier molecular flexibility index (Phi) is 4.19. The Labute approximate surface area is 115 Å². The lowest BCUT2D eigenvalue weighted by atomic mass is 10.3. The molecule has 0 radical (unpaired) electrons. The molecule has 20 heavy (non-hydrogen) atoms. The van der Waals surface area contributed by atoms with E-state index in [0.717, 1.165) is 0 Å². The van der Waals surface area contributed by atoms with E-state index in [0.29, 0.717) is 23.7 Å². The molecule has 0 amide bonds. The third-order valence-electron chi connectivity index (χ3n) is 2.76. The zero-order valence-electron chi connectivity index (χ0n) is 11.2. The summed E-state index contributed by atoms with van der Waals surface area (Å²) < 4.78 is 12.2. The summed E-state index contributed by atoms with van der Waals surface area (Å²) in [4.78, 5) is 11.1. The van der Waals surface area contributed by atoms with E-state index in [2.05, 4.69) is 10.3 Å². The summed E-state index contributed by atoms with van der Waals surface area (Å²) in [7, 11) is 1.57. The number of rotatable bonds is 6. The summed E-state index contributed by atoms with van der Waals surface area (Å²) in [6.45, 7) is 2.46. The van der Waals surface area contributed by atoms with E-state index >= 15 is 0 Å². The predicted molar refractivity (Wildman–Crippen MR) is 70.0 cm³/mol. The number of ether oxygens (including phenoxy) is 2. The molecule has 106 valence electrons. The SMILES string of the molecule is CCn1nnc(C(=O)O)c1COc1cccc(OC)c1.